The van der Waals surface area contributed by atoms with Crippen molar-refractivity contribution in [3.05, 3.63) is 44.8 Å². The Hall–Kier alpha value is -0.650. The van der Waals surface area contributed by atoms with Gasteiger partial charge in [0.1, 0.15) is 0 Å². The molecule has 0 saturated carbocycles. The highest BCUT2D eigenvalue weighted by atomic mass is 79.9. The Labute approximate surface area is 130 Å². The van der Waals surface area contributed by atoms with Crippen molar-refractivity contribution in [2.24, 2.45) is 0 Å². The molecular weight excluding hydrogens is 342 g/mol. The summed E-state index contributed by atoms with van der Waals surface area (Å²) in [5, 5.41) is 4.09. The number of alkyl halides is 1. The Bertz CT molecular complexity index is 478. The van der Waals surface area contributed by atoms with Gasteiger partial charge in [0.05, 0.1) is 17.4 Å². The molecule has 2 nitrogen and oxygen atoms in total. The fraction of sp³-hybridized carbons (Fsp3) is 0.357. The van der Waals surface area contributed by atoms with Gasteiger partial charge in [-0.2, -0.15) is 0 Å². The van der Waals surface area contributed by atoms with Crippen LogP contribution in [0.1, 0.15) is 23.6 Å². The van der Waals surface area contributed by atoms with Crippen molar-refractivity contribution >= 4 is 44.5 Å². The third-order valence-corrected chi connectivity index (χ3v) is 4.71. The first-order valence-electron chi connectivity index (χ1n) is 6.00. The molecule has 1 amide bonds. The number of halogens is 1. The first-order valence-corrected chi connectivity index (χ1v) is 8.55. The highest BCUT2D eigenvalue weighted by Gasteiger charge is 2.29. The molecule has 0 radical (unpaired) electrons. The minimum atomic E-state index is -0.526. The zero-order chi connectivity index (χ0) is 13.9. The smallest absolute Gasteiger partial charge is 0.239 e. The topological polar surface area (TPSA) is 20.3 Å². The molecule has 102 valence electrons. The standard InChI is InChI=1S/C14H16BrNOS2/c1-14(2,15)13(17)16(9-11-5-3-7-18-11)10-12-6-4-8-19-12/h3-8H,9-10H2,1-2H3. The Morgan fingerprint density at radius 3 is 1.95 bits per heavy atom. The van der Waals surface area contributed by atoms with Crippen molar-refractivity contribution in [1.82, 2.24) is 4.90 Å². The van der Waals surface area contributed by atoms with Crippen LogP contribution in [-0.4, -0.2) is 15.1 Å². The molecule has 0 bridgehead atoms. The van der Waals surface area contributed by atoms with Crippen LogP contribution in [0.25, 0.3) is 0 Å². The van der Waals surface area contributed by atoms with Crippen LogP contribution in [0.4, 0.5) is 0 Å². The predicted octanol–water partition coefficient (Wildman–Crippen LogP) is 4.51. The zero-order valence-corrected chi connectivity index (χ0v) is 14.1. The number of thiophene rings is 2. The fourth-order valence-electron chi connectivity index (χ4n) is 1.76. The summed E-state index contributed by atoms with van der Waals surface area (Å²) < 4.78 is -0.526. The lowest BCUT2D eigenvalue weighted by molar-refractivity contribution is -0.133. The predicted molar refractivity (Wildman–Crippen MR) is 85.9 cm³/mol. The quantitative estimate of drug-likeness (QED) is 0.720. The van der Waals surface area contributed by atoms with Crippen molar-refractivity contribution in [3.8, 4) is 0 Å². The van der Waals surface area contributed by atoms with Crippen LogP contribution in [-0.2, 0) is 17.9 Å². The number of carbonyl (C=O) groups excluding carboxylic acids is 1. The largest absolute Gasteiger partial charge is 0.331 e. The van der Waals surface area contributed by atoms with Gasteiger partial charge in [-0.25, -0.2) is 0 Å². The Balaban J connectivity index is 2.15. The van der Waals surface area contributed by atoms with E-state index in [1.165, 1.54) is 9.75 Å². The number of carbonyl (C=O) groups is 1. The summed E-state index contributed by atoms with van der Waals surface area (Å²) in [5.74, 6) is 0.120. The first-order chi connectivity index (χ1) is 8.97. The molecule has 0 spiro atoms. The number of hydrogen-bond donors (Lipinski definition) is 0. The van der Waals surface area contributed by atoms with Crippen LogP contribution in [0.3, 0.4) is 0 Å². The van der Waals surface area contributed by atoms with E-state index in [-0.39, 0.29) is 5.91 Å². The molecule has 19 heavy (non-hydrogen) atoms. The molecule has 2 rings (SSSR count). The van der Waals surface area contributed by atoms with Crippen LogP contribution in [0.15, 0.2) is 35.0 Å². The maximum Gasteiger partial charge on any atom is 0.239 e. The molecule has 5 heteroatoms. The van der Waals surface area contributed by atoms with Crippen LogP contribution in [0.2, 0.25) is 0 Å². The van der Waals surface area contributed by atoms with E-state index in [2.05, 4.69) is 28.1 Å². The summed E-state index contributed by atoms with van der Waals surface area (Å²) in [6.07, 6.45) is 0. The van der Waals surface area contributed by atoms with E-state index >= 15 is 0 Å². The van der Waals surface area contributed by atoms with Crippen LogP contribution >= 0.6 is 38.6 Å². The van der Waals surface area contributed by atoms with Crippen LogP contribution in [0.5, 0.6) is 0 Å². The lowest BCUT2D eigenvalue weighted by atomic mass is 10.2. The van der Waals surface area contributed by atoms with Crippen molar-refractivity contribution in [2.75, 3.05) is 0 Å². The highest BCUT2D eigenvalue weighted by molar-refractivity contribution is 9.10. The maximum absolute atomic E-state index is 12.5. The first kappa shape index (κ1) is 14.8. The molecule has 2 aromatic heterocycles. The van der Waals surface area contributed by atoms with E-state index in [1.54, 1.807) is 22.7 Å². The van der Waals surface area contributed by atoms with Crippen molar-refractivity contribution < 1.29 is 4.79 Å². The summed E-state index contributed by atoms with van der Waals surface area (Å²) in [5.41, 5.74) is 0. The van der Waals surface area contributed by atoms with Gasteiger partial charge in [0.15, 0.2) is 0 Å². The van der Waals surface area contributed by atoms with E-state index in [4.69, 9.17) is 0 Å². The molecule has 0 aromatic carbocycles. The molecule has 0 aliphatic heterocycles. The zero-order valence-electron chi connectivity index (χ0n) is 10.9. The van der Waals surface area contributed by atoms with Gasteiger partial charge in [-0.15, -0.1) is 22.7 Å². The second-order valence-corrected chi connectivity index (χ2v) is 8.84. The average Bonchev–Trinajstić information content (AvgIpc) is 2.98. The van der Waals surface area contributed by atoms with Crippen molar-refractivity contribution in [1.29, 1.82) is 0 Å². The number of rotatable bonds is 5. The van der Waals surface area contributed by atoms with E-state index in [1.807, 2.05) is 41.6 Å². The number of nitrogens with zero attached hydrogens (tertiary/aromatic N) is 1. The fourth-order valence-corrected chi connectivity index (χ4v) is 3.45. The molecule has 0 unspecified atom stereocenters. The third-order valence-electron chi connectivity index (χ3n) is 2.65. The van der Waals surface area contributed by atoms with Gasteiger partial charge in [-0.05, 0) is 36.7 Å². The van der Waals surface area contributed by atoms with Crippen LogP contribution in [0, 0.1) is 0 Å². The van der Waals surface area contributed by atoms with E-state index in [0.29, 0.717) is 13.1 Å². The summed E-state index contributed by atoms with van der Waals surface area (Å²) in [4.78, 5) is 16.8. The van der Waals surface area contributed by atoms with Gasteiger partial charge < -0.3 is 4.90 Å². The number of amides is 1. The maximum atomic E-state index is 12.5. The Morgan fingerprint density at radius 2 is 1.63 bits per heavy atom. The highest BCUT2D eigenvalue weighted by Crippen LogP contribution is 2.24. The second kappa shape index (κ2) is 6.20. The normalized spacial score (nSPS) is 11.5. The summed E-state index contributed by atoms with van der Waals surface area (Å²) in [6.45, 7) is 5.13. The minimum Gasteiger partial charge on any atom is -0.331 e. The van der Waals surface area contributed by atoms with Gasteiger partial charge in [-0.1, -0.05) is 28.1 Å². The molecule has 0 atom stereocenters. The average molecular weight is 358 g/mol. The summed E-state index contributed by atoms with van der Waals surface area (Å²) in [7, 11) is 0. The number of hydrogen-bond acceptors (Lipinski definition) is 3. The van der Waals surface area contributed by atoms with Crippen molar-refractivity contribution in [2.45, 2.75) is 31.3 Å². The third kappa shape index (κ3) is 4.16. The van der Waals surface area contributed by atoms with Gasteiger partial charge in [-0.3, -0.25) is 4.79 Å². The van der Waals surface area contributed by atoms with E-state index < -0.39 is 4.32 Å². The molecule has 0 aliphatic carbocycles. The summed E-state index contributed by atoms with van der Waals surface area (Å²) in [6, 6.07) is 8.18. The lowest BCUT2D eigenvalue weighted by Gasteiger charge is -2.27. The summed E-state index contributed by atoms with van der Waals surface area (Å²) >= 11 is 6.84. The second-order valence-electron chi connectivity index (χ2n) is 4.79. The van der Waals surface area contributed by atoms with Gasteiger partial charge in [0.2, 0.25) is 5.91 Å². The van der Waals surface area contributed by atoms with E-state index in [9.17, 15) is 4.79 Å². The monoisotopic (exact) mass is 357 g/mol. The van der Waals surface area contributed by atoms with Gasteiger partial charge in [0, 0.05) is 9.75 Å². The molecule has 2 aromatic rings. The molecule has 0 aliphatic rings. The molecule has 0 fully saturated rings. The minimum absolute atomic E-state index is 0.120. The van der Waals surface area contributed by atoms with Crippen LogP contribution < -0.4 is 0 Å². The van der Waals surface area contributed by atoms with Gasteiger partial charge >= 0.3 is 0 Å². The Morgan fingerprint density at radius 1 is 1.16 bits per heavy atom. The molecule has 0 N–H and O–H groups in total. The van der Waals surface area contributed by atoms with E-state index in [0.717, 1.165) is 0 Å². The van der Waals surface area contributed by atoms with Crippen molar-refractivity contribution in [3.63, 3.8) is 0 Å². The molecule has 2 heterocycles. The van der Waals surface area contributed by atoms with Gasteiger partial charge in [0.25, 0.3) is 0 Å². The SMILES string of the molecule is CC(C)(Br)C(=O)N(Cc1cccs1)Cc1cccs1. The Kier molecular flexibility index (Phi) is 4.81. The lowest BCUT2D eigenvalue weighted by Crippen LogP contribution is -2.40. The molecular formula is C14H16BrNOS2. The molecule has 0 saturated heterocycles.